The summed E-state index contributed by atoms with van der Waals surface area (Å²) in [5.41, 5.74) is 11.5. The fourth-order valence-corrected chi connectivity index (χ4v) is 2.22. The highest BCUT2D eigenvalue weighted by Crippen LogP contribution is 2.16. The van der Waals surface area contributed by atoms with Gasteiger partial charge in [0, 0.05) is 51.4 Å². The van der Waals surface area contributed by atoms with E-state index in [9.17, 15) is 0 Å². The monoisotopic (exact) mass is 170 g/mol. The van der Waals surface area contributed by atoms with Crippen LogP contribution < -0.4 is 11.5 Å². The number of hydrogen-bond donors (Lipinski definition) is 2. The predicted molar refractivity (Wildman–Crippen MR) is 48.8 cm³/mol. The lowest BCUT2D eigenvalue weighted by Crippen LogP contribution is -2.66. The third-order valence-electron chi connectivity index (χ3n) is 3.09. The quantitative estimate of drug-likeness (QED) is 0.517. The number of piperazine rings is 3. The summed E-state index contributed by atoms with van der Waals surface area (Å²) < 4.78 is 0. The summed E-state index contributed by atoms with van der Waals surface area (Å²) in [7, 11) is 0. The minimum Gasteiger partial charge on any atom is -0.329 e. The van der Waals surface area contributed by atoms with Gasteiger partial charge in [-0.2, -0.15) is 0 Å². The van der Waals surface area contributed by atoms with E-state index in [4.69, 9.17) is 11.5 Å². The first-order valence-electron chi connectivity index (χ1n) is 4.73. The van der Waals surface area contributed by atoms with Gasteiger partial charge in [-0.05, 0) is 0 Å². The third kappa shape index (κ3) is 1.35. The fourth-order valence-electron chi connectivity index (χ4n) is 2.22. The molecule has 4 nitrogen and oxygen atoms in total. The van der Waals surface area contributed by atoms with Crippen molar-refractivity contribution in [2.24, 2.45) is 11.5 Å². The van der Waals surface area contributed by atoms with Crippen molar-refractivity contribution in [2.45, 2.75) is 12.1 Å². The molecule has 3 aliphatic rings. The van der Waals surface area contributed by atoms with E-state index in [2.05, 4.69) is 9.80 Å². The Morgan fingerprint density at radius 3 is 2.33 bits per heavy atom. The molecule has 0 aromatic rings. The zero-order valence-electron chi connectivity index (χ0n) is 7.45. The maximum absolute atomic E-state index is 5.94. The zero-order valence-corrected chi connectivity index (χ0v) is 7.45. The molecule has 2 bridgehead atoms. The third-order valence-corrected chi connectivity index (χ3v) is 3.09. The molecule has 2 unspecified atom stereocenters. The van der Waals surface area contributed by atoms with E-state index in [1.165, 1.54) is 26.2 Å². The van der Waals surface area contributed by atoms with Crippen molar-refractivity contribution in [3.05, 3.63) is 0 Å². The average Bonchev–Trinajstić information content (AvgIpc) is 2.18. The van der Waals surface area contributed by atoms with E-state index in [1.807, 2.05) is 0 Å². The van der Waals surface area contributed by atoms with Gasteiger partial charge in [-0.3, -0.25) is 9.80 Å². The Kier molecular flexibility index (Phi) is 2.32. The molecule has 3 rings (SSSR count). The molecule has 3 saturated heterocycles. The Hall–Kier alpha value is -0.160. The molecule has 3 fully saturated rings. The van der Waals surface area contributed by atoms with Gasteiger partial charge in [0.1, 0.15) is 0 Å². The smallest absolute Gasteiger partial charge is 0.0387 e. The topological polar surface area (TPSA) is 58.5 Å². The molecule has 0 spiro atoms. The maximum atomic E-state index is 5.94. The highest BCUT2D eigenvalue weighted by Gasteiger charge is 2.34. The summed E-state index contributed by atoms with van der Waals surface area (Å²) in [6.07, 6.45) is 0. The molecule has 3 aliphatic heterocycles. The summed E-state index contributed by atoms with van der Waals surface area (Å²) in [5, 5.41) is 0. The van der Waals surface area contributed by atoms with Gasteiger partial charge in [0.15, 0.2) is 0 Å². The van der Waals surface area contributed by atoms with Gasteiger partial charge in [-0.15, -0.1) is 0 Å². The average molecular weight is 170 g/mol. The molecule has 0 aromatic heterocycles. The van der Waals surface area contributed by atoms with Crippen molar-refractivity contribution in [1.82, 2.24) is 9.80 Å². The van der Waals surface area contributed by atoms with Crippen molar-refractivity contribution in [1.29, 1.82) is 0 Å². The van der Waals surface area contributed by atoms with Crippen LogP contribution in [0.3, 0.4) is 0 Å². The van der Waals surface area contributed by atoms with Crippen molar-refractivity contribution >= 4 is 0 Å². The van der Waals surface area contributed by atoms with Gasteiger partial charge in [0.25, 0.3) is 0 Å². The fraction of sp³-hybridized carbons (Fsp3) is 1.00. The molecule has 3 heterocycles. The summed E-state index contributed by atoms with van der Waals surface area (Å²) in [4.78, 5) is 4.97. The Bertz CT molecular complexity index is 153. The lowest BCUT2D eigenvalue weighted by atomic mass is 10.0. The Balaban J connectivity index is 1.99. The molecule has 0 radical (unpaired) electrons. The van der Waals surface area contributed by atoms with Crippen LogP contribution in [0.1, 0.15) is 0 Å². The molecule has 0 aliphatic carbocycles. The van der Waals surface area contributed by atoms with Gasteiger partial charge in [-0.1, -0.05) is 0 Å². The van der Waals surface area contributed by atoms with E-state index in [-0.39, 0.29) is 6.04 Å². The SMILES string of the molecule is NCC(N)C1CN2CCN1CC2. The Morgan fingerprint density at radius 2 is 1.92 bits per heavy atom. The van der Waals surface area contributed by atoms with E-state index < -0.39 is 0 Å². The molecule has 2 atom stereocenters. The molecule has 0 aromatic carbocycles. The van der Waals surface area contributed by atoms with Crippen LogP contribution in [0.2, 0.25) is 0 Å². The van der Waals surface area contributed by atoms with Crippen LogP contribution in [-0.2, 0) is 0 Å². The molecule has 12 heavy (non-hydrogen) atoms. The van der Waals surface area contributed by atoms with Gasteiger partial charge in [0.05, 0.1) is 0 Å². The molecule has 0 amide bonds. The number of nitrogens with zero attached hydrogens (tertiary/aromatic N) is 2. The summed E-state index contributed by atoms with van der Waals surface area (Å²) in [6.45, 7) is 6.52. The van der Waals surface area contributed by atoms with Gasteiger partial charge < -0.3 is 11.5 Å². The summed E-state index contributed by atoms with van der Waals surface area (Å²) in [5.74, 6) is 0. The van der Waals surface area contributed by atoms with Crippen molar-refractivity contribution in [3.63, 3.8) is 0 Å². The largest absolute Gasteiger partial charge is 0.329 e. The normalized spacial score (nSPS) is 43.0. The highest BCUT2D eigenvalue weighted by molar-refractivity contribution is 4.93. The van der Waals surface area contributed by atoms with E-state index in [0.717, 1.165) is 6.54 Å². The van der Waals surface area contributed by atoms with Gasteiger partial charge in [0.2, 0.25) is 0 Å². The van der Waals surface area contributed by atoms with E-state index in [1.54, 1.807) is 0 Å². The van der Waals surface area contributed by atoms with Gasteiger partial charge >= 0.3 is 0 Å². The summed E-state index contributed by atoms with van der Waals surface area (Å²) in [6, 6.07) is 0.672. The second-order valence-corrected chi connectivity index (χ2v) is 3.80. The van der Waals surface area contributed by atoms with Crippen LogP contribution in [0.25, 0.3) is 0 Å². The van der Waals surface area contributed by atoms with Crippen LogP contribution in [0.15, 0.2) is 0 Å². The van der Waals surface area contributed by atoms with Crippen molar-refractivity contribution < 1.29 is 0 Å². The van der Waals surface area contributed by atoms with Crippen LogP contribution in [0.4, 0.5) is 0 Å². The van der Waals surface area contributed by atoms with Crippen LogP contribution in [-0.4, -0.2) is 61.2 Å². The standard InChI is InChI=1S/C8H18N4/c9-5-7(10)8-6-11-1-3-12(8)4-2-11/h7-8H,1-6,9-10H2. The Morgan fingerprint density at radius 1 is 1.25 bits per heavy atom. The minimum absolute atomic E-state index is 0.160. The Labute approximate surface area is 73.5 Å². The van der Waals surface area contributed by atoms with E-state index >= 15 is 0 Å². The van der Waals surface area contributed by atoms with E-state index in [0.29, 0.717) is 12.6 Å². The second kappa shape index (κ2) is 3.30. The molecular weight excluding hydrogens is 152 g/mol. The zero-order chi connectivity index (χ0) is 8.55. The van der Waals surface area contributed by atoms with Crippen LogP contribution >= 0.6 is 0 Å². The number of rotatable bonds is 2. The number of hydrogen-bond acceptors (Lipinski definition) is 4. The molecule has 0 saturated carbocycles. The van der Waals surface area contributed by atoms with Gasteiger partial charge in [-0.25, -0.2) is 0 Å². The molecular formula is C8H18N4. The molecule has 4 heteroatoms. The van der Waals surface area contributed by atoms with Crippen LogP contribution in [0, 0.1) is 0 Å². The van der Waals surface area contributed by atoms with Crippen molar-refractivity contribution in [2.75, 3.05) is 39.3 Å². The highest BCUT2D eigenvalue weighted by atomic mass is 15.3. The first-order valence-corrected chi connectivity index (χ1v) is 4.73. The first-order chi connectivity index (χ1) is 5.81. The minimum atomic E-state index is 0.160. The predicted octanol–water partition coefficient (Wildman–Crippen LogP) is -1.73. The lowest BCUT2D eigenvalue weighted by Gasteiger charge is -2.49. The number of nitrogens with two attached hydrogens (primary N) is 2. The van der Waals surface area contributed by atoms with Crippen molar-refractivity contribution in [3.8, 4) is 0 Å². The molecule has 70 valence electrons. The van der Waals surface area contributed by atoms with Crippen LogP contribution in [0.5, 0.6) is 0 Å². The summed E-state index contributed by atoms with van der Waals surface area (Å²) >= 11 is 0. The first kappa shape index (κ1) is 8.44. The second-order valence-electron chi connectivity index (χ2n) is 3.80. The molecule has 4 N–H and O–H groups in total. The lowest BCUT2D eigenvalue weighted by molar-refractivity contribution is 0.00372. The number of fused-ring (bicyclic) bond motifs is 3. The maximum Gasteiger partial charge on any atom is 0.0387 e.